The molecule has 3 rings (SSSR count). The average molecular weight is 426 g/mol. The van der Waals surface area contributed by atoms with Crippen molar-refractivity contribution in [3.8, 4) is 11.5 Å². The molecule has 4 heteroatoms. The molecule has 0 saturated heterocycles. The van der Waals surface area contributed by atoms with Crippen LogP contribution in [0.25, 0.3) is 0 Å². The van der Waals surface area contributed by atoms with Crippen molar-refractivity contribution in [3.05, 3.63) is 58.7 Å². The summed E-state index contributed by atoms with van der Waals surface area (Å²) < 4.78 is 12.0. The zero-order valence-corrected chi connectivity index (χ0v) is 20.8. The minimum absolute atomic E-state index is 0.00168. The molecule has 0 radical (unpaired) electrons. The van der Waals surface area contributed by atoms with Gasteiger partial charge >= 0.3 is 0 Å². The van der Waals surface area contributed by atoms with Gasteiger partial charge in [-0.15, -0.1) is 0 Å². The molecule has 0 aliphatic heterocycles. The molecule has 0 saturated carbocycles. The van der Waals surface area contributed by atoms with Gasteiger partial charge in [0, 0.05) is 6.04 Å². The van der Waals surface area contributed by atoms with Crippen LogP contribution in [0.3, 0.4) is 0 Å². The third-order valence-corrected chi connectivity index (χ3v) is 11.4. The molecule has 0 amide bonds. The normalized spacial score (nSPS) is 18.3. The molecule has 164 valence electrons. The molecule has 2 aromatic rings. The number of rotatable bonds is 5. The van der Waals surface area contributed by atoms with Gasteiger partial charge in [-0.05, 0) is 103 Å². The molecule has 30 heavy (non-hydrogen) atoms. The van der Waals surface area contributed by atoms with Crippen LogP contribution < -0.4 is 14.9 Å². The van der Waals surface area contributed by atoms with E-state index in [-0.39, 0.29) is 11.1 Å². The molecule has 0 aromatic heterocycles. The van der Waals surface area contributed by atoms with Crippen LogP contribution in [-0.4, -0.2) is 15.4 Å². The summed E-state index contributed by atoms with van der Waals surface area (Å²) in [6.45, 7) is 13.6. The van der Waals surface area contributed by atoms with E-state index in [1.165, 1.54) is 35.1 Å². The van der Waals surface area contributed by atoms with Gasteiger partial charge in [0.15, 0.2) is 0 Å². The molecule has 2 aromatic carbocycles. The summed E-state index contributed by atoms with van der Waals surface area (Å²) >= 11 is 0. The van der Waals surface area contributed by atoms with Crippen LogP contribution >= 0.6 is 0 Å². The van der Waals surface area contributed by atoms with Crippen LogP contribution in [0, 0.1) is 0 Å². The quantitative estimate of drug-likeness (QED) is 0.425. The van der Waals surface area contributed by atoms with E-state index < -0.39 is 8.32 Å². The van der Waals surface area contributed by atoms with Gasteiger partial charge in [-0.25, -0.2) is 0 Å². The Hall–Kier alpha value is -1.78. The molecule has 1 aliphatic carbocycles. The first-order chi connectivity index (χ1) is 14.0. The van der Waals surface area contributed by atoms with Crippen LogP contribution in [-0.2, 0) is 12.8 Å². The van der Waals surface area contributed by atoms with Crippen molar-refractivity contribution in [1.29, 1.82) is 0 Å². The zero-order chi connectivity index (χ0) is 22.1. The smallest absolute Gasteiger partial charge is 0.250 e. The Morgan fingerprint density at radius 2 is 1.73 bits per heavy atom. The summed E-state index contributed by atoms with van der Waals surface area (Å²) in [7, 11) is -0.111. The molecule has 3 nitrogen and oxygen atoms in total. The highest BCUT2D eigenvalue weighted by Crippen LogP contribution is 2.40. The Labute approximate surface area is 184 Å². The summed E-state index contributed by atoms with van der Waals surface area (Å²) in [5.41, 5.74) is 11.8. The van der Waals surface area contributed by atoms with Gasteiger partial charge in [0.05, 0.1) is 7.11 Å². The number of hydrogen-bond donors (Lipinski definition) is 1. The lowest BCUT2D eigenvalue weighted by molar-refractivity contribution is 0.413. The van der Waals surface area contributed by atoms with Gasteiger partial charge in [0.25, 0.3) is 0 Å². The minimum atomic E-state index is -1.82. The van der Waals surface area contributed by atoms with E-state index in [4.69, 9.17) is 14.9 Å². The van der Waals surface area contributed by atoms with Gasteiger partial charge in [0.2, 0.25) is 8.32 Å². The third-order valence-electron chi connectivity index (χ3n) is 7.05. The fourth-order valence-electron chi connectivity index (χ4n) is 4.16. The minimum Gasteiger partial charge on any atom is -0.543 e. The third kappa shape index (κ3) is 4.92. The Balaban J connectivity index is 1.87. The molecule has 0 spiro atoms. The molecule has 1 aliphatic rings. The maximum Gasteiger partial charge on any atom is 0.250 e. The Bertz CT molecular complexity index is 883. The predicted molar refractivity (Wildman–Crippen MR) is 129 cm³/mol. The van der Waals surface area contributed by atoms with Gasteiger partial charge in [-0.3, -0.25) is 0 Å². The highest BCUT2D eigenvalue weighted by Gasteiger charge is 2.39. The zero-order valence-electron chi connectivity index (χ0n) is 19.8. The van der Waals surface area contributed by atoms with Gasteiger partial charge in [-0.2, -0.15) is 0 Å². The number of aryl methyl sites for hydroxylation is 1. The molecule has 2 unspecified atom stereocenters. The summed E-state index contributed by atoms with van der Waals surface area (Å²) in [4.78, 5) is 0. The largest absolute Gasteiger partial charge is 0.543 e. The summed E-state index contributed by atoms with van der Waals surface area (Å²) in [6.07, 6.45) is 4.54. The molecule has 0 fully saturated rings. The van der Waals surface area contributed by atoms with E-state index in [0.717, 1.165) is 24.3 Å². The lowest BCUT2D eigenvalue weighted by Gasteiger charge is -2.36. The SMILES string of the molecule is COc1ccc(C2CCCc3cc(O[Si](C)(C)C(C)(C)C)ccc3C2)c(C(C)N)c1. The maximum atomic E-state index is 6.57. The van der Waals surface area contributed by atoms with Crippen LogP contribution in [0.5, 0.6) is 11.5 Å². The topological polar surface area (TPSA) is 44.5 Å². The summed E-state index contributed by atoms with van der Waals surface area (Å²) in [5.74, 6) is 2.41. The fourth-order valence-corrected chi connectivity index (χ4v) is 5.19. The number of ether oxygens (including phenoxy) is 1. The highest BCUT2D eigenvalue weighted by molar-refractivity contribution is 6.74. The van der Waals surface area contributed by atoms with Crippen molar-refractivity contribution in [2.75, 3.05) is 7.11 Å². The van der Waals surface area contributed by atoms with Crippen LogP contribution in [0.1, 0.15) is 74.8 Å². The van der Waals surface area contributed by atoms with Crippen LogP contribution in [0.4, 0.5) is 0 Å². The standard InChI is InChI=1S/C26H39NO2Si/c1-18(27)25-17-22(28-5)13-14-24(25)21-10-8-9-19-16-23(12-11-20(19)15-21)29-30(6,7)26(2,3)4/h11-14,16-18,21H,8-10,15,27H2,1-7H3. The second kappa shape index (κ2) is 8.76. The van der Waals surface area contributed by atoms with E-state index in [2.05, 4.69) is 77.2 Å². The Morgan fingerprint density at radius 3 is 2.37 bits per heavy atom. The van der Waals surface area contributed by atoms with E-state index in [1.807, 2.05) is 0 Å². The Morgan fingerprint density at radius 1 is 1.03 bits per heavy atom. The van der Waals surface area contributed by atoms with Crippen molar-refractivity contribution in [1.82, 2.24) is 0 Å². The monoisotopic (exact) mass is 425 g/mol. The molecule has 2 N–H and O–H groups in total. The summed E-state index contributed by atoms with van der Waals surface area (Å²) in [6, 6.07) is 13.2. The number of methoxy groups -OCH3 is 1. The molecule has 0 bridgehead atoms. The second-order valence-electron chi connectivity index (χ2n) is 10.4. The molecular formula is C26H39NO2Si. The van der Waals surface area contributed by atoms with Crippen molar-refractivity contribution in [3.63, 3.8) is 0 Å². The predicted octanol–water partition coefficient (Wildman–Crippen LogP) is 6.76. The van der Waals surface area contributed by atoms with Gasteiger partial charge < -0.3 is 14.9 Å². The number of fused-ring (bicyclic) bond motifs is 1. The summed E-state index contributed by atoms with van der Waals surface area (Å²) in [5, 5.41) is 0.203. The van der Waals surface area contributed by atoms with E-state index in [1.54, 1.807) is 7.11 Å². The lowest BCUT2D eigenvalue weighted by atomic mass is 9.85. The number of benzene rings is 2. The Kier molecular flexibility index (Phi) is 6.68. The van der Waals surface area contributed by atoms with Crippen LogP contribution in [0.15, 0.2) is 36.4 Å². The fraction of sp³-hybridized carbons (Fsp3) is 0.538. The number of hydrogen-bond acceptors (Lipinski definition) is 3. The van der Waals surface area contributed by atoms with Crippen LogP contribution in [0.2, 0.25) is 18.1 Å². The lowest BCUT2D eigenvalue weighted by Crippen LogP contribution is -2.43. The molecular weight excluding hydrogens is 386 g/mol. The second-order valence-corrected chi connectivity index (χ2v) is 15.1. The van der Waals surface area contributed by atoms with Crippen molar-refractivity contribution in [2.24, 2.45) is 5.73 Å². The van der Waals surface area contributed by atoms with Gasteiger partial charge in [-0.1, -0.05) is 32.9 Å². The molecule has 2 atom stereocenters. The first-order valence-electron chi connectivity index (χ1n) is 11.3. The molecule has 0 heterocycles. The first-order valence-corrected chi connectivity index (χ1v) is 14.2. The van der Waals surface area contributed by atoms with E-state index >= 15 is 0 Å². The van der Waals surface area contributed by atoms with E-state index in [0.29, 0.717) is 5.92 Å². The average Bonchev–Trinajstić information content (AvgIpc) is 2.88. The highest BCUT2D eigenvalue weighted by atomic mass is 28.4. The van der Waals surface area contributed by atoms with Crippen molar-refractivity contribution >= 4 is 8.32 Å². The van der Waals surface area contributed by atoms with Crippen molar-refractivity contribution in [2.45, 2.75) is 83.5 Å². The van der Waals surface area contributed by atoms with Gasteiger partial charge in [0.1, 0.15) is 11.5 Å². The van der Waals surface area contributed by atoms with E-state index in [9.17, 15) is 0 Å². The number of nitrogens with two attached hydrogens (primary N) is 1. The van der Waals surface area contributed by atoms with Crippen molar-refractivity contribution < 1.29 is 9.16 Å². The first kappa shape index (κ1) is 22.9. The maximum absolute atomic E-state index is 6.57.